The average Bonchev–Trinajstić information content (AvgIpc) is 3.13. The van der Waals surface area contributed by atoms with E-state index in [1.807, 2.05) is 0 Å². The molecule has 0 aliphatic carbocycles. The van der Waals surface area contributed by atoms with Crippen molar-refractivity contribution in [3.05, 3.63) is 35.6 Å². The van der Waals surface area contributed by atoms with E-state index >= 15 is 0 Å². The number of alkyl halides is 17. The van der Waals surface area contributed by atoms with Gasteiger partial charge in [0, 0.05) is 12.0 Å². The molecule has 22 heteroatoms. The summed E-state index contributed by atoms with van der Waals surface area (Å²) in [6, 6.07) is 2.27. The molecule has 1 atom stereocenters. The molecule has 1 aromatic rings. The van der Waals surface area contributed by atoms with Gasteiger partial charge in [-0.2, -0.15) is 84.7 Å². The Morgan fingerprint density at radius 1 is 0.707 bits per heavy atom. The molecule has 1 aliphatic rings. The van der Waals surface area contributed by atoms with Crippen LogP contribution in [0.15, 0.2) is 29.4 Å². The number of carbonyl (C=O) groups is 1. The molecule has 1 N–H and O–H groups in total. The van der Waals surface area contributed by atoms with Crippen molar-refractivity contribution in [1.29, 1.82) is 0 Å². The highest BCUT2D eigenvalue weighted by Gasteiger charge is 2.95. The number of halogens is 18. The van der Waals surface area contributed by atoms with Crippen molar-refractivity contribution in [2.24, 2.45) is 5.10 Å². The smallest absolute Gasteiger partial charge is 0.369 e. The van der Waals surface area contributed by atoms with Gasteiger partial charge < -0.3 is 5.11 Å². The number of benzene rings is 1. The zero-order chi connectivity index (χ0) is 32.6. The maximum atomic E-state index is 14.5. The van der Waals surface area contributed by atoms with Crippen molar-refractivity contribution in [3.63, 3.8) is 0 Å². The lowest BCUT2D eigenvalue weighted by molar-refractivity contribution is -0.458. The van der Waals surface area contributed by atoms with Crippen LogP contribution in [0.5, 0.6) is 0 Å². The molecule has 0 fully saturated rings. The van der Waals surface area contributed by atoms with Gasteiger partial charge >= 0.3 is 47.6 Å². The molecule has 0 aromatic heterocycles. The number of carbonyl (C=O) groups excluding carboxylic acids is 1. The van der Waals surface area contributed by atoms with Crippen LogP contribution in [0.3, 0.4) is 0 Å². The third-order valence-corrected chi connectivity index (χ3v) is 5.55. The van der Waals surface area contributed by atoms with Crippen LogP contribution in [0.2, 0.25) is 0 Å². The summed E-state index contributed by atoms with van der Waals surface area (Å²) in [7, 11) is 0. The highest BCUT2D eigenvalue weighted by Crippen LogP contribution is 2.64. The second kappa shape index (κ2) is 9.28. The van der Waals surface area contributed by atoms with Crippen molar-refractivity contribution < 1.29 is 88.9 Å². The van der Waals surface area contributed by atoms with Crippen LogP contribution in [0, 0.1) is 5.82 Å². The fourth-order valence-corrected chi connectivity index (χ4v) is 3.15. The summed E-state index contributed by atoms with van der Waals surface area (Å²) in [5, 5.41) is 11.9. The van der Waals surface area contributed by atoms with Gasteiger partial charge in [-0.15, -0.1) is 0 Å². The van der Waals surface area contributed by atoms with Gasteiger partial charge in [0.05, 0.1) is 0 Å². The predicted octanol–water partition coefficient (Wildman–Crippen LogP) is 6.75. The lowest BCUT2D eigenvalue weighted by atomic mass is 9.87. The second-order valence-electron chi connectivity index (χ2n) is 8.58. The summed E-state index contributed by atoms with van der Waals surface area (Å²) in [5.41, 5.74) is -6.84. The fourth-order valence-electron chi connectivity index (χ4n) is 3.15. The normalized spacial score (nSPS) is 20.4. The Labute approximate surface area is 214 Å². The Balaban J connectivity index is 2.62. The lowest BCUT2D eigenvalue weighted by Gasteiger charge is -2.42. The van der Waals surface area contributed by atoms with Crippen molar-refractivity contribution in [2.75, 3.05) is 0 Å². The molecule has 4 nitrogen and oxygen atoms in total. The highest BCUT2D eigenvalue weighted by molar-refractivity contribution is 6.00. The van der Waals surface area contributed by atoms with Gasteiger partial charge in [-0.1, -0.05) is 0 Å². The summed E-state index contributed by atoms with van der Waals surface area (Å²) in [5.74, 6) is -60.9. The quantitative estimate of drug-likeness (QED) is 0.320. The first kappa shape index (κ1) is 34.3. The SMILES string of the molecule is CC1(O)CC(C(F)(F)C(F)(F)C(F)(F)C(F)(F)C(F)(F)C(F)(F)C(F)(F)C(F)(F)F)=NN1C(=O)c1ccc(F)cc1. The van der Waals surface area contributed by atoms with Crippen LogP contribution < -0.4 is 0 Å². The van der Waals surface area contributed by atoms with Crippen LogP contribution in [0.1, 0.15) is 23.7 Å². The monoisotopic (exact) mass is 640 g/mol. The summed E-state index contributed by atoms with van der Waals surface area (Å²) >= 11 is 0. The summed E-state index contributed by atoms with van der Waals surface area (Å²) in [4.78, 5) is 12.4. The van der Waals surface area contributed by atoms with Gasteiger partial charge in [-0.25, -0.2) is 4.39 Å². The summed E-state index contributed by atoms with van der Waals surface area (Å²) in [6.07, 6.45) is -10.0. The van der Waals surface area contributed by atoms with Crippen LogP contribution >= 0.6 is 0 Å². The molecule has 41 heavy (non-hydrogen) atoms. The minimum absolute atomic E-state index is 0.305. The van der Waals surface area contributed by atoms with Gasteiger partial charge in [0.1, 0.15) is 11.5 Å². The lowest BCUT2D eigenvalue weighted by Crippen LogP contribution is -2.75. The molecule has 0 bridgehead atoms. The molecule has 0 saturated carbocycles. The van der Waals surface area contributed by atoms with E-state index in [1.165, 1.54) is 0 Å². The van der Waals surface area contributed by atoms with Gasteiger partial charge in [-0.3, -0.25) is 4.79 Å². The molecular weight excluding hydrogens is 630 g/mol. The van der Waals surface area contributed by atoms with Gasteiger partial charge in [0.25, 0.3) is 5.91 Å². The Bertz CT molecular complexity index is 1200. The van der Waals surface area contributed by atoms with Crippen LogP contribution in [0.25, 0.3) is 0 Å². The molecule has 234 valence electrons. The Morgan fingerprint density at radius 3 is 1.46 bits per heavy atom. The maximum absolute atomic E-state index is 14.5. The number of hydrogen-bond acceptors (Lipinski definition) is 3. The molecular formula is C19H10F18N2O2. The Morgan fingerprint density at radius 2 is 1.07 bits per heavy atom. The van der Waals surface area contributed by atoms with Crippen LogP contribution in [-0.2, 0) is 0 Å². The fraction of sp³-hybridized carbons (Fsp3) is 0.579. The summed E-state index contributed by atoms with van der Waals surface area (Å²) in [6.45, 7) is 0.305. The number of nitrogens with zero attached hydrogens (tertiary/aromatic N) is 2. The average molecular weight is 640 g/mol. The first-order valence-corrected chi connectivity index (χ1v) is 9.98. The van der Waals surface area contributed by atoms with E-state index in [-0.39, 0.29) is 0 Å². The molecule has 0 radical (unpaired) electrons. The van der Waals surface area contributed by atoms with Gasteiger partial charge in [0.2, 0.25) is 0 Å². The maximum Gasteiger partial charge on any atom is 0.460 e. The van der Waals surface area contributed by atoms with E-state index in [0.717, 1.165) is 0 Å². The van der Waals surface area contributed by atoms with Crippen LogP contribution in [0.4, 0.5) is 79.0 Å². The van der Waals surface area contributed by atoms with Crippen molar-refractivity contribution in [3.8, 4) is 0 Å². The van der Waals surface area contributed by atoms with Gasteiger partial charge in [-0.05, 0) is 31.2 Å². The molecule has 0 saturated heterocycles. The first-order valence-electron chi connectivity index (χ1n) is 9.98. The Kier molecular flexibility index (Phi) is 7.76. The highest BCUT2D eigenvalue weighted by atomic mass is 19.4. The number of rotatable bonds is 8. The standard InChI is InChI=1S/C19H10F18N2O2/c1-11(41)6-9(38-39(11)10(40)7-2-4-8(20)5-3-7)12(21,22)13(23,24)14(25,26)15(27,28)16(29,30)17(31,32)18(33,34)19(35,36)37/h2-5,41H,6H2,1H3. The van der Waals surface area contributed by atoms with E-state index in [4.69, 9.17) is 0 Å². The molecule has 2 rings (SSSR count). The van der Waals surface area contributed by atoms with Crippen LogP contribution in [-0.4, -0.2) is 75.1 Å². The predicted molar refractivity (Wildman–Crippen MR) is 95.9 cm³/mol. The van der Waals surface area contributed by atoms with E-state index in [1.54, 1.807) is 0 Å². The number of amides is 1. The van der Waals surface area contributed by atoms with E-state index in [0.29, 0.717) is 31.2 Å². The van der Waals surface area contributed by atoms with E-state index in [2.05, 4.69) is 5.10 Å². The van der Waals surface area contributed by atoms with Crippen molar-refractivity contribution in [1.82, 2.24) is 5.01 Å². The first-order chi connectivity index (χ1) is 17.9. The number of hydrogen-bond donors (Lipinski definition) is 1. The number of hydrazone groups is 1. The molecule has 1 aromatic carbocycles. The van der Waals surface area contributed by atoms with E-state index < -0.39 is 87.8 Å². The molecule has 1 aliphatic heterocycles. The topological polar surface area (TPSA) is 52.9 Å². The largest absolute Gasteiger partial charge is 0.460 e. The van der Waals surface area contributed by atoms with Gasteiger partial charge in [0.15, 0.2) is 5.72 Å². The molecule has 0 spiro atoms. The zero-order valence-corrected chi connectivity index (χ0v) is 19.1. The van der Waals surface area contributed by atoms with E-state index in [9.17, 15) is 88.9 Å². The van der Waals surface area contributed by atoms with Crippen molar-refractivity contribution >= 4 is 11.6 Å². The zero-order valence-electron chi connectivity index (χ0n) is 19.1. The Hall–Kier alpha value is -2.94. The second-order valence-corrected chi connectivity index (χ2v) is 8.58. The summed E-state index contributed by atoms with van der Waals surface area (Å²) < 4.78 is 242. The molecule has 1 unspecified atom stereocenters. The minimum Gasteiger partial charge on any atom is -0.369 e. The number of aliphatic hydroxyl groups is 1. The third kappa shape index (κ3) is 4.64. The van der Waals surface area contributed by atoms with Crippen molar-refractivity contribution in [2.45, 2.75) is 66.7 Å². The molecule has 1 amide bonds. The minimum atomic E-state index is -8.80. The third-order valence-electron chi connectivity index (χ3n) is 5.55. The molecule has 1 heterocycles.